The van der Waals surface area contributed by atoms with Gasteiger partial charge in [-0.15, -0.1) is 11.3 Å². The van der Waals surface area contributed by atoms with E-state index in [-0.39, 0.29) is 0 Å². The minimum absolute atomic E-state index is 0.409. The van der Waals surface area contributed by atoms with Gasteiger partial charge in [-0.1, -0.05) is 6.92 Å². The largest absolute Gasteiger partial charge is 0.351 e. The van der Waals surface area contributed by atoms with Gasteiger partial charge in [-0.05, 0) is 27.3 Å². The zero-order chi connectivity index (χ0) is 11.4. The lowest BCUT2D eigenvalue weighted by Gasteiger charge is -2.12. The predicted molar refractivity (Wildman–Crippen MR) is 67.9 cm³/mol. The number of hydrogen-bond acceptors (Lipinski definition) is 4. The van der Waals surface area contributed by atoms with Crippen LogP contribution in [0.3, 0.4) is 0 Å². The second-order valence-electron chi connectivity index (χ2n) is 3.74. The van der Waals surface area contributed by atoms with Crippen LogP contribution < -0.4 is 10.2 Å². The van der Waals surface area contributed by atoms with E-state index in [1.165, 1.54) is 4.88 Å². The van der Waals surface area contributed by atoms with Crippen molar-refractivity contribution >= 4 is 16.5 Å². The molecule has 0 aromatic carbocycles. The molecule has 0 amide bonds. The number of aryl methyl sites for hydroxylation is 1. The van der Waals surface area contributed by atoms with Crippen LogP contribution in [0.2, 0.25) is 0 Å². The van der Waals surface area contributed by atoms with Crippen molar-refractivity contribution in [1.82, 2.24) is 10.3 Å². The van der Waals surface area contributed by atoms with Gasteiger partial charge in [0, 0.05) is 24.5 Å². The van der Waals surface area contributed by atoms with E-state index in [0.29, 0.717) is 6.04 Å². The third-order valence-corrected chi connectivity index (χ3v) is 3.98. The van der Waals surface area contributed by atoms with E-state index < -0.39 is 0 Å². The summed E-state index contributed by atoms with van der Waals surface area (Å²) in [6.45, 7) is 10.6. The highest BCUT2D eigenvalue weighted by Gasteiger charge is 2.14. The molecule has 1 rings (SSSR count). The first-order chi connectivity index (χ1) is 7.10. The number of anilines is 1. The van der Waals surface area contributed by atoms with E-state index in [0.717, 1.165) is 23.9 Å². The van der Waals surface area contributed by atoms with Crippen LogP contribution in [-0.2, 0) is 0 Å². The van der Waals surface area contributed by atoms with Gasteiger partial charge in [-0.3, -0.25) is 0 Å². The monoisotopic (exact) mass is 227 g/mol. The van der Waals surface area contributed by atoms with Gasteiger partial charge in [0.1, 0.15) is 0 Å². The minimum Gasteiger partial charge on any atom is -0.351 e. The van der Waals surface area contributed by atoms with Crippen LogP contribution in [-0.4, -0.2) is 25.1 Å². The maximum absolute atomic E-state index is 4.59. The van der Waals surface area contributed by atoms with E-state index in [9.17, 15) is 0 Å². The first-order valence-corrected chi connectivity index (χ1v) is 6.33. The topological polar surface area (TPSA) is 28.2 Å². The maximum Gasteiger partial charge on any atom is 0.185 e. The number of thiazole rings is 1. The highest BCUT2D eigenvalue weighted by molar-refractivity contribution is 7.15. The van der Waals surface area contributed by atoms with Crippen LogP contribution in [0.1, 0.15) is 37.4 Å². The van der Waals surface area contributed by atoms with Crippen LogP contribution in [0.4, 0.5) is 5.13 Å². The Hall–Kier alpha value is -0.610. The Bertz CT molecular complexity index is 309. The van der Waals surface area contributed by atoms with Crippen LogP contribution in [0.5, 0.6) is 0 Å². The van der Waals surface area contributed by atoms with Gasteiger partial charge in [0.05, 0.1) is 5.69 Å². The summed E-state index contributed by atoms with van der Waals surface area (Å²) in [6.07, 6.45) is 0. The number of nitrogens with one attached hydrogen (secondary N) is 1. The zero-order valence-electron chi connectivity index (χ0n) is 10.3. The van der Waals surface area contributed by atoms with Crippen LogP contribution in [0.25, 0.3) is 0 Å². The number of hydrogen-bond donors (Lipinski definition) is 1. The van der Waals surface area contributed by atoms with Gasteiger partial charge in [0.2, 0.25) is 0 Å². The van der Waals surface area contributed by atoms with Crippen molar-refractivity contribution in [2.45, 2.75) is 33.7 Å². The van der Waals surface area contributed by atoms with Crippen molar-refractivity contribution in [3.05, 3.63) is 10.6 Å². The van der Waals surface area contributed by atoms with Gasteiger partial charge in [0.15, 0.2) is 5.13 Å². The molecule has 1 N–H and O–H groups in total. The summed E-state index contributed by atoms with van der Waals surface area (Å²) in [6, 6.07) is 0.409. The molecule has 1 aromatic heterocycles. The highest BCUT2D eigenvalue weighted by Crippen LogP contribution is 2.29. The quantitative estimate of drug-likeness (QED) is 0.838. The molecular formula is C11H21N3S. The molecule has 86 valence electrons. The molecule has 1 aromatic rings. The fourth-order valence-corrected chi connectivity index (χ4v) is 2.61. The Balaban J connectivity index is 2.85. The number of nitrogens with zero attached hydrogens (tertiary/aromatic N) is 2. The molecule has 0 fully saturated rings. The van der Waals surface area contributed by atoms with Crippen LogP contribution >= 0.6 is 11.3 Å². The molecule has 0 saturated heterocycles. The normalized spacial score (nSPS) is 12.9. The van der Waals surface area contributed by atoms with Crippen molar-refractivity contribution in [3.63, 3.8) is 0 Å². The van der Waals surface area contributed by atoms with Gasteiger partial charge >= 0.3 is 0 Å². The number of aromatic nitrogens is 1. The van der Waals surface area contributed by atoms with Crippen molar-refractivity contribution in [2.24, 2.45) is 0 Å². The van der Waals surface area contributed by atoms with Gasteiger partial charge < -0.3 is 10.2 Å². The summed E-state index contributed by atoms with van der Waals surface area (Å²) >= 11 is 1.79. The first kappa shape index (κ1) is 12.5. The Labute approximate surface area is 96.5 Å². The summed E-state index contributed by atoms with van der Waals surface area (Å²) < 4.78 is 0. The lowest BCUT2D eigenvalue weighted by Crippen LogP contribution is -2.17. The molecule has 0 aliphatic carbocycles. The lowest BCUT2D eigenvalue weighted by atomic mass is 10.2. The van der Waals surface area contributed by atoms with Gasteiger partial charge in [0.25, 0.3) is 0 Å². The standard InChI is InChI=1S/C11H21N3S/c1-6-12-8(3)10-9(4)13-11(15-10)14(5)7-2/h8,12H,6-7H2,1-5H3. The van der Waals surface area contributed by atoms with Crippen molar-refractivity contribution in [2.75, 3.05) is 25.0 Å². The Morgan fingerprint density at radius 1 is 1.47 bits per heavy atom. The lowest BCUT2D eigenvalue weighted by molar-refractivity contribution is 0.603. The Kier molecular flexibility index (Phi) is 4.54. The van der Waals surface area contributed by atoms with E-state index in [2.05, 4.69) is 49.9 Å². The summed E-state index contributed by atoms with van der Waals surface area (Å²) in [5, 5.41) is 4.54. The van der Waals surface area contributed by atoms with E-state index >= 15 is 0 Å². The maximum atomic E-state index is 4.59. The molecule has 0 saturated carbocycles. The van der Waals surface area contributed by atoms with Crippen LogP contribution in [0.15, 0.2) is 0 Å². The molecule has 4 heteroatoms. The smallest absolute Gasteiger partial charge is 0.185 e. The number of rotatable bonds is 5. The second-order valence-corrected chi connectivity index (χ2v) is 4.75. The fourth-order valence-electron chi connectivity index (χ4n) is 1.49. The average molecular weight is 227 g/mol. The predicted octanol–water partition coefficient (Wildman–Crippen LogP) is 2.58. The summed E-state index contributed by atoms with van der Waals surface area (Å²) in [5.41, 5.74) is 1.16. The van der Waals surface area contributed by atoms with E-state index in [4.69, 9.17) is 0 Å². The SMILES string of the molecule is CCNC(C)c1sc(N(C)CC)nc1C. The summed E-state index contributed by atoms with van der Waals surface area (Å²) in [5.74, 6) is 0. The fraction of sp³-hybridized carbons (Fsp3) is 0.727. The molecule has 0 aliphatic heterocycles. The van der Waals surface area contributed by atoms with Crippen molar-refractivity contribution in [3.8, 4) is 0 Å². The van der Waals surface area contributed by atoms with E-state index in [1.807, 2.05) is 0 Å². The van der Waals surface area contributed by atoms with E-state index in [1.54, 1.807) is 11.3 Å². The summed E-state index contributed by atoms with van der Waals surface area (Å²) in [4.78, 5) is 8.12. The third kappa shape index (κ3) is 2.92. The van der Waals surface area contributed by atoms with Crippen molar-refractivity contribution < 1.29 is 0 Å². The van der Waals surface area contributed by atoms with Gasteiger partial charge in [-0.2, -0.15) is 0 Å². The van der Waals surface area contributed by atoms with Crippen molar-refractivity contribution in [1.29, 1.82) is 0 Å². The molecule has 1 unspecified atom stereocenters. The third-order valence-electron chi connectivity index (χ3n) is 2.53. The molecule has 1 atom stereocenters. The first-order valence-electron chi connectivity index (χ1n) is 5.51. The average Bonchev–Trinajstić information content (AvgIpc) is 2.59. The second kappa shape index (κ2) is 5.47. The highest BCUT2D eigenvalue weighted by atomic mass is 32.1. The molecular weight excluding hydrogens is 206 g/mol. The Morgan fingerprint density at radius 2 is 2.13 bits per heavy atom. The molecule has 0 radical (unpaired) electrons. The molecule has 1 heterocycles. The molecule has 0 bridgehead atoms. The molecule has 15 heavy (non-hydrogen) atoms. The molecule has 0 spiro atoms. The zero-order valence-corrected chi connectivity index (χ0v) is 11.1. The van der Waals surface area contributed by atoms with Crippen LogP contribution in [0, 0.1) is 6.92 Å². The summed E-state index contributed by atoms with van der Waals surface area (Å²) in [7, 11) is 2.08. The molecule has 3 nitrogen and oxygen atoms in total. The molecule has 0 aliphatic rings. The van der Waals surface area contributed by atoms with Gasteiger partial charge in [-0.25, -0.2) is 4.98 Å². The Morgan fingerprint density at radius 3 is 2.67 bits per heavy atom. The minimum atomic E-state index is 0.409.